The first-order chi connectivity index (χ1) is 6.20. The van der Waals surface area contributed by atoms with Gasteiger partial charge in [-0.2, -0.15) is 5.26 Å². The maximum absolute atomic E-state index is 12.5. The third-order valence-electron chi connectivity index (χ3n) is 1.55. The monoisotopic (exact) mass is 246 g/mol. The average molecular weight is 247 g/mol. The molecular weight excluding hydrogens is 242 g/mol. The number of nitrogens with zero attached hydrogens (tertiary/aromatic N) is 2. The van der Waals surface area contributed by atoms with Crippen LogP contribution in [-0.2, 0) is 5.33 Å². The summed E-state index contributed by atoms with van der Waals surface area (Å²) in [4.78, 5) is 3.57. The first-order valence-corrected chi connectivity index (χ1v) is 4.54. The van der Waals surface area contributed by atoms with Gasteiger partial charge in [-0.25, -0.2) is 13.8 Å². The zero-order valence-corrected chi connectivity index (χ0v) is 8.05. The quantitative estimate of drug-likeness (QED) is 0.753. The number of rotatable bonds is 2. The van der Waals surface area contributed by atoms with Crippen LogP contribution in [0.1, 0.15) is 23.2 Å². The van der Waals surface area contributed by atoms with Crippen LogP contribution < -0.4 is 0 Å². The van der Waals surface area contributed by atoms with E-state index in [1.807, 2.05) is 0 Å². The molecule has 0 aromatic carbocycles. The Labute approximate surface area is 82.3 Å². The summed E-state index contributed by atoms with van der Waals surface area (Å²) >= 11 is 3.07. The smallest absolute Gasteiger partial charge is 0.245 e. The Morgan fingerprint density at radius 3 is 2.77 bits per heavy atom. The SMILES string of the molecule is N#Cc1nccc(CBr)c1C(F)F. The van der Waals surface area contributed by atoms with Crippen molar-refractivity contribution in [2.24, 2.45) is 0 Å². The van der Waals surface area contributed by atoms with Crippen LogP contribution in [0.3, 0.4) is 0 Å². The number of hydrogen-bond donors (Lipinski definition) is 0. The number of nitriles is 1. The third kappa shape index (κ3) is 2.01. The van der Waals surface area contributed by atoms with Crippen LogP contribution in [-0.4, -0.2) is 4.98 Å². The summed E-state index contributed by atoms with van der Waals surface area (Å²) in [5.74, 6) is 0. The highest BCUT2D eigenvalue weighted by Crippen LogP contribution is 2.26. The molecule has 1 heterocycles. The van der Waals surface area contributed by atoms with Gasteiger partial charge >= 0.3 is 0 Å². The highest BCUT2D eigenvalue weighted by atomic mass is 79.9. The molecule has 0 saturated heterocycles. The van der Waals surface area contributed by atoms with Crippen molar-refractivity contribution in [3.8, 4) is 6.07 Å². The molecule has 0 unspecified atom stereocenters. The minimum absolute atomic E-state index is 0.202. The standard InChI is InChI=1S/C8H5BrF2N2/c9-3-5-1-2-13-6(4-12)7(5)8(10)11/h1-2,8H,3H2. The summed E-state index contributed by atoms with van der Waals surface area (Å²) in [6.07, 6.45) is -1.31. The van der Waals surface area contributed by atoms with E-state index in [2.05, 4.69) is 20.9 Å². The number of halogens is 3. The topological polar surface area (TPSA) is 36.7 Å². The molecular formula is C8H5BrF2N2. The highest BCUT2D eigenvalue weighted by molar-refractivity contribution is 9.08. The van der Waals surface area contributed by atoms with E-state index in [1.165, 1.54) is 12.3 Å². The van der Waals surface area contributed by atoms with Gasteiger partial charge in [0.15, 0.2) is 0 Å². The van der Waals surface area contributed by atoms with Gasteiger partial charge in [0, 0.05) is 11.5 Å². The van der Waals surface area contributed by atoms with E-state index in [0.717, 1.165) is 0 Å². The number of pyridine rings is 1. The van der Waals surface area contributed by atoms with Crippen LogP contribution in [0.4, 0.5) is 8.78 Å². The van der Waals surface area contributed by atoms with Gasteiger partial charge in [0.1, 0.15) is 11.8 Å². The summed E-state index contributed by atoms with van der Waals surface area (Å²) in [6.45, 7) is 0. The van der Waals surface area contributed by atoms with Crippen LogP contribution in [0, 0.1) is 11.3 Å². The van der Waals surface area contributed by atoms with Crippen molar-refractivity contribution >= 4 is 15.9 Å². The second kappa shape index (κ2) is 4.28. The first-order valence-electron chi connectivity index (χ1n) is 3.42. The fraction of sp³-hybridized carbons (Fsp3) is 0.250. The van der Waals surface area contributed by atoms with Crippen molar-refractivity contribution in [2.45, 2.75) is 11.8 Å². The number of hydrogen-bond acceptors (Lipinski definition) is 2. The van der Waals surface area contributed by atoms with Gasteiger partial charge in [0.25, 0.3) is 6.43 Å². The maximum atomic E-state index is 12.5. The third-order valence-corrected chi connectivity index (χ3v) is 2.15. The minimum atomic E-state index is -2.66. The van der Waals surface area contributed by atoms with Gasteiger partial charge in [0.2, 0.25) is 0 Å². The fourth-order valence-electron chi connectivity index (χ4n) is 0.962. The molecule has 5 heteroatoms. The zero-order chi connectivity index (χ0) is 9.84. The van der Waals surface area contributed by atoms with E-state index in [-0.39, 0.29) is 11.3 Å². The number of alkyl halides is 3. The van der Waals surface area contributed by atoms with Gasteiger partial charge in [-0.1, -0.05) is 15.9 Å². The molecule has 0 aliphatic heterocycles. The Balaban J connectivity index is 3.32. The maximum Gasteiger partial charge on any atom is 0.266 e. The molecule has 0 atom stereocenters. The van der Waals surface area contributed by atoms with Crippen LogP contribution in [0.5, 0.6) is 0 Å². The molecule has 0 fully saturated rings. The first kappa shape index (κ1) is 10.1. The van der Waals surface area contributed by atoms with E-state index >= 15 is 0 Å². The van der Waals surface area contributed by atoms with Crippen LogP contribution >= 0.6 is 15.9 Å². The van der Waals surface area contributed by atoms with E-state index in [9.17, 15) is 8.78 Å². The largest absolute Gasteiger partial charge is 0.266 e. The fourth-order valence-corrected chi connectivity index (χ4v) is 1.45. The van der Waals surface area contributed by atoms with E-state index in [4.69, 9.17) is 5.26 Å². The van der Waals surface area contributed by atoms with Gasteiger partial charge in [0.05, 0.1) is 5.56 Å². The van der Waals surface area contributed by atoms with E-state index in [0.29, 0.717) is 10.9 Å². The van der Waals surface area contributed by atoms with Gasteiger partial charge < -0.3 is 0 Å². The summed E-state index contributed by atoms with van der Waals surface area (Å²) in [5, 5.41) is 8.82. The predicted molar refractivity (Wildman–Crippen MR) is 46.5 cm³/mol. The summed E-state index contributed by atoms with van der Waals surface area (Å²) in [5.41, 5.74) is -0.0737. The Bertz CT molecular complexity index is 346. The average Bonchev–Trinajstić information content (AvgIpc) is 2.16. The molecule has 68 valence electrons. The molecule has 0 aliphatic rings. The molecule has 1 aromatic rings. The highest BCUT2D eigenvalue weighted by Gasteiger charge is 2.17. The second-order valence-corrected chi connectivity index (χ2v) is 2.84. The molecule has 1 rings (SSSR count). The minimum Gasteiger partial charge on any atom is -0.245 e. The van der Waals surface area contributed by atoms with Crippen molar-refractivity contribution in [1.82, 2.24) is 4.98 Å². The molecule has 0 saturated carbocycles. The Kier molecular flexibility index (Phi) is 3.32. The van der Waals surface area contributed by atoms with Crippen LogP contribution in [0.15, 0.2) is 12.3 Å². The molecule has 0 bridgehead atoms. The number of aromatic nitrogens is 1. The molecule has 0 amide bonds. The van der Waals surface area contributed by atoms with Crippen molar-refractivity contribution in [1.29, 1.82) is 5.26 Å². The van der Waals surface area contributed by atoms with Gasteiger partial charge in [-0.3, -0.25) is 0 Å². The van der Waals surface area contributed by atoms with Crippen molar-refractivity contribution < 1.29 is 8.78 Å². The van der Waals surface area contributed by atoms with E-state index in [1.54, 1.807) is 6.07 Å². The molecule has 0 N–H and O–H groups in total. The van der Waals surface area contributed by atoms with Crippen molar-refractivity contribution in [3.63, 3.8) is 0 Å². The summed E-state index contributed by atoms with van der Waals surface area (Å²) < 4.78 is 24.9. The van der Waals surface area contributed by atoms with Crippen LogP contribution in [0.2, 0.25) is 0 Å². The molecule has 0 aliphatic carbocycles. The lowest BCUT2D eigenvalue weighted by Crippen LogP contribution is -1.98. The Morgan fingerprint density at radius 1 is 1.62 bits per heavy atom. The molecule has 0 radical (unpaired) electrons. The molecule has 1 aromatic heterocycles. The normalized spacial score (nSPS) is 10.1. The molecule has 13 heavy (non-hydrogen) atoms. The molecule has 0 spiro atoms. The lowest BCUT2D eigenvalue weighted by Gasteiger charge is -2.06. The summed E-state index contributed by atoms with van der Waals surface area (Å²) in [7, 11) is 0. The van der Waals surface area contributed by atoms with Gasteiger partial charge in [-0.05, 0) is 11.6 Å². The summed E-state index contributed by atoms with van der Waals surface area (Å²) in [6, 6.07) is 3.11. The predicted octanol–water partition coefficient (Wildman–Crippen LogP) is 2.79. The lowest BCUT2D eigenvalue weighted by molar-refractivity contribution is 0.149. The van der Waals surface area contributed by atoms with E-state index < -0.39 is 6.43 Å². The Morgan fingerprint density at radius 2 is 2.31 bits per heavy atom. The molecule has 2 nitrogen and oxygen atoms in total. The van der Waals surface area contributed by atoms with Crippen molar-refractivity contribution in [3.05, 3.63) is 29.1 Å². The Hall–Kier alpha value is -1.02. The van der Waals surface area contributed by atoms with Crippen LogP contribution in [0.25, 0.3) is 0 Å². The zero-order valence-electron chi connectivity index (χ0n) is 6.47. The van der Waals surface area contributed by atoms with Crippen molar-refractivity contribution in [2.75, 3.05) is 0 Å². The van der Waals surface area contributed by atoms with Gasteiger partial charge in [-0.15, -0.1) is 0 Å². The lowest BCUT2D eigenvalue weighted by atomic mass is 10.1. The second-order valence-electron chi connectivity index (χ2n) is 2.28.